The summed E-state index contributed by atoms with van der Waals surface area (Å²) in [7, 11) is 0. The van der Waals surface area contributed by atoms with Crippen LogP contribution < -0.4 is 5.32 Å². The summed E-state index contributed by atoms with van der Waals surface area (Å²) in [5, 5.41) is 23.4. The Hall–Kier alpha value is -1.42. The lowest BCUT2D eigenvalue weighted by atomic mass is 9.94. The number of nitrogens with zero attached hydrogens (tertiary/aromatic N) is 2. The van der Waals surface area contributed by atoms with Gasteiger partial charge in [-0.3, -0.25) is 9.69 Å². The van der Waals surface area contributed by atoms with Gasteiger partial charge in [0, 0.05) is 12.6 Å². The van der Waals surface area contributed by atoms with Crippen LogP contribution in [0.5, 0.6) is 0 Å². The lowest BCUT2D eigenvalue weighted by Gasteiger charge is -2.33. The van der Waals surface area contributed by atoms with Crippen LogP contribution in [0.15, 0.2) is 11.4 Å². The standard InChI is InChI=1S/C15H21N3O2S/c16-10-12-6-9-21-15(12)17-14(20)11-18(7-8-19)13-4-2-1-3-5-13/h6,9,13,19H,1-5,7-8,11H2,(H,17,20). The molecule has 1 amide bonds. The van der Waals surface area contributed by atoms with Gasteiger partial charge in [-0.25, -0.2) is 0 Å². The van der Waals surface area contributed by atoms with E-state index < -0.39 is 0 Å². The number of carbonyl (C=O) groups is 1. The van der Waals surface area contributed by atoms with Crippen molar-refractivity contribution < 1.29 is 9.90 Å². The number of carbonyl (C=O) groups excluding carboxylic acids is 1. The predicted octanol–water partition coefficient (Wildman–Crippen LogP) is 2.19. The van der Waals surface area contributed by atoms with Crippen LogP contribution in [0.25, 0.3) is 0 Å². The first kappa shape index (κ1) is 16.0. The molecular weight excluding hydrogens is 286 g/mol. The Morgan fingerprint density at radius 3 is 2.90 bits per heavy atom. The van der Waals surface area contributed by atoms with Crippen LogP contribution in [-0.4, -0.2) is 41.7 Å². The molecule has 0 aromatic carbocycles. The van der Waals surface area contributed by atoms with Crippen molar-refractivity contribution >= 4 is 22.2 Å². The largest absolute Gasteiger partial charge is 0.395 e. The molecule has 0 bridgehead atoms. The van der Waals surface area contributed by atoms with Gasteiger partial charge in [0.05, 0.1) is 18.7 Å². The highest BCUT2D eigenvalue weighted by molar-refractivity contribution is 7.14. The summed E-state index contributed by atoms with van der Waals surface area (Å²) in [6.45, 7) is 0.855. The zero-order chi connectivity index (χ0) is 15.1. The van der Waals surface area contributed by atoms with Gasteiger partial charge in [-0.1, -0.05) is 19.3 Å². The number of hydrogen-bond donors (Lipinski definition) is 2. The highest BCUT2D eigenvalue weighted by Crippen LogP contribution is 2.24. The molecule has 0 unspecified atom stereocenters. The Balaban J connectivity index is 1.93. The second-order valence-electron chi connectivity index (χ2n) is 5.31. The molecule has 0 aliphatic heterocycles. The smallest absolute Gasteiger partial charge is 0.239 e. The second-order valence-corrected chi connectivity index (χ2v) is 6.23. The highest BCUT2D eigenvalue weighted by atomic mass is 32.1. The number of nitrogens with one attached hydrogen (secondary N) is 1. The third-order valence-corrected chi connectivity index (χ3v) is 4.69. The third kappa shape index (κ3) is 4.53. The lowest BCUT2D eigenvalue weighted by Crippen LogP contribution is -2.43. The predicted molar refractivity (Wildman–Crippen MR) is 83.2 cm³/mol. The summed E-state index contributed by atoms with van der Waals surface area (Å²) in [5.74, 6) is -0.118. The molecule has 1 aromatic heterocycles. The molecule has 1 saturated carbocycles. The Kier molecular flexibility index (Phi) is 6.18. The van der Waals surface area contributed by atoms with Crippen LogP contribution in [0.2, 0.25) is 0 Å². The zero-order valence-corrected chi connectivity index (χ0v) is 12.9. The molecule has 1 fully saturated rings. The van der Waals surface area contributed by atoms with E-state index >= 15 is 0 Å². The minimum Gasteiger partial charge on any atom is -0.395 e. The maximum Gasteiger partial charge on any atom is 0.239 e. The molecule has 0 saturated heterocycles. The Labute approximate surface area is 129 Å². The van der Waals surface area contributed by atoms with Crippen LogP contribution in [0.1, 0.15) is 37.7 Å². The normalized spacial score (nSPS) is 15.9. The molecule has 6 heteroatoms. The molecule has 2 rings (SSSR count). The fraction of sp³-hybridized carbons (Fsp3) is 0.600. The van der Waals surface area contributed by atoms with Crippen molar-refractivity contribution in [2.45, 2.75) is 38.1 Å². The Morgan fingerprint density at radius 2 is 2.24 bits per heavy atom. The fourth-order valence-corrected chi connectivity index (χ4v) is 3.56. The first-order valence-corrected chi connectivity index (χ1v) is 8.25. The number of hydrogen-bond acceptors (Lipinski definition) is 5. The molecule has 1 aromatic rings. The topological polar surface area (TPSA) is 76.4 Å². The molecule has 0 spiro atoms. The first-order valence-electron chi connectivity index (χ1n) is 7.37. The van der Waals surface area contributed by atoms with Crippen LogP contribution >= 0.6 is 11.3 Å². The van der Waals surface area contributed by atoms with Gasteiger partial charge in [-0.2, -0.15) is 5.26 Å². The van der Waals surface area contributed by atoms with Gasteiger partial charge in [0.15, 0.2) is 0 Å². The number of aliphatic hydroxyl groups excluding tert-OH is 1. The van der Waals surface area contributed by atoms with Crippen molar-refractivity contribution in [3.05, 3.63) is 17.0 Å². The number of rotatable bonds is 6. The van der Waals surface area contributed by atoms with E-state index in [0.717, 1.165) is 12.8 Å². The van der Waals surface area contributed by atoms with E-state index in [-0.39, 0.29) is 19.1 Å². The Morgan fingerprint density at radius 1 is 1.48 bits per heavy atom. The molecule has 0 radical (unpaired) electrons. The van der Waals surface area contributed by atoms with Crippen LogP contribution in [0.3, 0.4) is 0 Å². The maximum atomic E-state index is 12.2. The number of thiophene rings is 1. The molecule has 1 aliphatic rings. The number of anilines is 1. The molecule has 2 N–H and O–H groups in total. The van der Waals surface area contributed by atoms with Crippen LogP contribution in [0, 0.1) is 11.3 Å². The minimum atomic E-state index is -0.118. The van der Waals surface area contributed by atoms with Crippen molar-refractivity contribution in [2.75, 3.05) is 25.0 Å². The van der Waals surface area contributed by atoms with Gasteiger partial charge in [-0.15, -0.1) is 11.3 Å². The van der Waals surface area contributed by atoms with E-state index in [4.69, 9.17) is 5.26 Å². The van der Waals surface area contributed by atoms with E-state index in [1.54, 1.807) is 11.4 Å². The van der Waals surface area contributed by atoms with Crippen LogP contribution in [0.4, 0.5) is 5.00 Å². The average molecular weight is 307 g/mol. The monoisotopic (exact) mass is 307 g/mol. The van der Waals surface area contributed by atoms with Crippen molar-refractivity contribution in [1.82, 2.24) is 4.90 Å². The maximum absolute atomic E-state index is 12.2. The molecular formula is C15H21N3O2S. The Bertz CT molecular complexity index is 503. The molecule has 1 heterocycles. The number of aliphatic hydroxyl groups is 1. The summed E-state index contributed by atoms with van der Waals surface area (Å²) in [4.78, 5) is 14.2. The summed E-state index contributed by atoms with van der Waals surface area (Å²) >= 11 is 1.36. The van der Waals surface area contributed by atoms with Gasteiger partial charge in [0.2, 0.25) is 5.91 Å². The van der Waals surface area contributed by atoms with Gasteiger partial charge >= 0.3 is 0 Å². The molecule has 5 nitrogen and oxygen atoms in total. The lowest BCUT2D eigenvalue weighted by molar-refractivity contribution is -0.118. The summed E-state index contributed by atoms with van der Waals surface area (Å²) in [5.41, 5.74) is 0.500. The fourth-order valence-electron chi connectivity index (χ4n) is 2.81. The zero-order valence-electron chi connectivity index (χ0n) is 12.0. The van der Waals surface area contributed by atoms with Crippen molar-refractivity contribution in [3.8, 4) is 6.07 Å². The van der Waals surface area contributed by atoms with E-state index in [0.29, 0.717) is 23.2 Å². The number of nitriles is 1. The summed E-state index contributed by atoms with van der Waals surface area (Å²) in [6.07, 6.45) is 5.83. The average Bonchev–Trinajstić information content (AvgIpc) is 2.95. The quantitative estimate of drug-likeness (QED) is 0.844. The SMILES string of the molecule is N#Cc1ccsc1NC(=O)CN(CCO)C1CCCCC1. The first-order chi connectivity index (χ1) is 10.2. The third-order valence-electron chi connectivity index (χ3n) is 3.86. The van der Waals surface area contributed by atoms with Crippen LogP contribution in [-0.2, 0) is 4.79 Å². The molecule has 1 aliphatic carbocycles. The second kappa shape index (κ2) is 8.13. The van der Waals surface area contributed by atoms with E-state index in [1.165, 1.54) is 30.6 Å². The highest BCUT2D eigenvalue weighted by Gasteiger charge is 2.23. The molecule has 0 atom stereocenters. The van der Waals surface area contributed by atoms with E-state index in [2.05, 4.69) is 16.3 Å². The van der Waals surface area contributed by atoms with Crippen molar-refractivity contribution in [2.24, 2.45) is 0 Å². The van der Waals surface area contributed by atoms with Gasteiger partial charge in [0.25, 0.3) is 0 Å². The van der Waals surface area contributed by atoms with Gasteiger partial charge in [0.1, 0.15) is 11.1 Å². The molecule has 114 valence electrons. The summed E-state index contributed by atoms with van der Waals surface area (Å²) < 4.78 is 0. The van der Waals surface area contributed by atoms with E-state index in [9.17, 15) is 9.90 Å². The van der Waals surface area contributed by atoms with Crippen molar-refractivity contribution in [1.29, 1.82) is 5.26 Å². The van der Waals surface area contributed by atoms with Crippen molar-refractivity contribution in [3.63, 3.8) is 0 Å². The van der Waals surface area contributed by atoms with E-state index in [1.807, 2.05) is 0 Å². The summed E-state index contributed by atoms with van der Waals surface area (Å²) in [6, 6.07) is 4.15. The van der Waals surface area contributed by atoms with Gasteiger partial charge < -0.3 is 10.4 Å². The number of amides is 1. The minimum absolute atomic E-state index is 0.0617. The van der Waals surface area contributed by atoms with Gasteiger partial charge in [-0.05, 0) is 24.3 Å². The molecule has 21 heavy (non-hydrogen) atoms.